The fourth-order valence-corrected chi connectivity index (χ4v) is 2.63. The first-order chi connectivity index (χ1) is 9.74. The summed E-state index contributed by atoms with van der Waals surface area (Å²) in [5.74, 6) is 0. The van der Waals surface area contributed by atoms with Gasteiger partial charge in [-0.1, -0.05) is 29.8 Å². The molecule has 1 N–H and O–H groups in total. The Balaban J connectivity index is 1.56. The zero-order valence-corrected chi connectivity index (χ0v) is 12.9. The minimum Gasteiger partial charge on any atom is -0.379 e. The van der Waals surface area contributed by atoms with Crippen LogP contribution in [0.4, 0.5) is 0 Å². The molecule has 0 spiro atoms. The number of morpholine rings is 1. The highest BCUT2D eigenvalue weighted by Crippen LogP contribution is 2.05. The molecular formula is C17H28N2O. The molecule has 1 atom stereocenters. The summed E-state index contributed by atoms with van der Waals surface area (Å²) in [6.45, 7) is 10.6. The van der Waals surface area contributed by atoms with E-state index in [0.29, 0.717) is 6.04 Å². The molecule has 0 radical (unpaired) electrons. The van der Waals surface area contributed by atoms with Crippen molar-refractivity contribution in [3.8, 4) is 0 Å². The highest BCUT2D eigenvalue weighted by Gasteiger charge is 2.12. The van der Waals surface area contributed by atoms with Gasteiger partial charge in [0.2, 0.25) is 0 Å². The Morgan fingerprint density at radius 3 is 2.60 bits per heavy atom. The van der Waals surface area contributed by atoms with Gasteiger partial charge in [-0.25, -0.2) is 0 Å². The third kappa shape index (κ3) is 5.61. The zero-order chi connectivity index (χ0) is 14.2. The van der Waals surface area contributed by atoms with E-state index < -0.39 is 0 Å². The highest BCUT2D eigenvalue weighted by molar-refractivity contribution is 5.21. The Hall–Kier alpha value is -0.900. The number of aryl methyl sites for hydroxylation is 2. The predicted octanol–water partition coefficient (Wildman–Crippen LogP) is 2.24. The minimum atomic E-state index is 0.561. The number of hydrogen-bond acceptors (Lipinski definition) is 3. The molecule has 2 rings (SSSR count). The van der Waals surface area contributed by atoms with Crippen molar-refractivity contribution in [3.05, 3.63) is 35.4 Å². The van der Waals surface area contributed by atoms with Crippen LogP contribution in [0.5, 0.6) is 0 Å². The van der Waals surface area contributed by atoms with E-state index in [9.17, 15) is 0 Å². The molecule has 1 fully saturated rings. The Bertz CT molecular complexity index is 371. The Morgan fingerprint density at radius 2 is 1.90 bits per heavy atom. The summed E-state index contributed by atoms with van der Waals surface area (Å²) in [6.07, 6.45) is 2.37. The predicted molar refractivity (Wildman–Crippen MR) is 84.2 cm³/mol. The van der Waals surface area contributed by atoms with Gasteiger partial charge in [0, 0.05) is 25.7 Å². The highest BCUT2D eigenvalue weighted by atomic mass is 16.5. The van der Waals surface area contributed by atoms with E-state index in [-0.39, 0.29) is 0 Å². The lowest BCUT2D eigenvalue weighted by molar-refractivity contribution is 0.0344. The van der Waals surface area contributed by atoms with E-state index in [4.69, 9.17) is 4.74 Å². The Kier molecular flexibility index (Phi) is 6.51. The van der Waals surface area contributed by atoms with Crippen molar-refractivity contribution in [2.75, 3.05) is 39.4 Å². The van der Waals surface area contributed by atoms with Crippen LogP contribution in [-0.2, 0) is 11.2 Å². The van der Waals surface area contributed by atoms with E-state index >= 15 is 0 Å². The van der Waals surface area contributed by atoms with Gasteiger partial charge < -0.3 is 10.1 Å². The van der Waals surface area contributed by atoms with Crippen LogP contribution in [0.15, 0.2) is 24.3 Å². The lowest BCUT2D eigenvalue weighted by Gasteiger charge is -2.29. The SMILES string of the molecule is Cc1ccc(CCCNC(C)CN2CCOCC2)cc1. The summed E-state index contributed by atoms with van der Waals surface area (Å²) in [4.78, 5) is 2.49. The lowest BCUT2D eigenvalue weighted by atomic mass is 10.1. The van der Waals surface area contributed by atoms with Crippen molar-refractivity contribution in [1.82, 2.24) is 10.2 Å². The molecule has 112 valence electrons. The third-order valence-electron chi connectivity index (χ3n) is 3.89. The molecule has 1 saturated heterocycles. The standard InChI is InChI=1S/C17H28N2O/c1-15-5-7-17(8-6-15)4-3-9-18-16(2)14-19-10-12-20-13-11-19/h5-8,16,18H,3-4,9-14H2,1-2H3. The van der Waals surface area contributed by atoms with Crippen molar-refractivity contribution >= 4 is 0 Å². The maximum absolute atomic E-state index is 5.38. The molecule has 1 aliphatic heterocycles. The lowest BCUT2D eigenvalue weighted by Crippen LogP contribution is -2.44. The van der Waals surface area contributed by atoms with Gasteiger partial charge in [0.1, 0.15) is 0 Å². The summed E-state index contributed by atoms with van der Waals surface area (Å²) in [5.41, 5.74) is 2.78. The summed E-state index contributed by atoms with van der Waals surface area (Å²) >= 11 is 0. The van der Waals surface area contributed by atoms with Gasteiger partial charge >= 0.3 is 0 Å². The molecule has 1 heterocycles. The minimum absolute atomic E-state index is 0.561. The molecule has 3 nitrogen and oxygen atoms in total. The molecule has 3 heteroatoms. The second-order valence-corrected chi connectivity index (χ2v) is 5.86. The van der Waals surface area contributed by atoms with Gasteiger partial charge in [0.25, 0.3) is 0 Å². The first-order valence-electron chi connectivity index (χ1n) is 7.83. The Labute approximate surface area is 123 Å². The molecule has 0 saturated carbocycles. The van der Waals surface area contributed by atoms with Crippen molar-refractivity contribution in [1.29, 1.82) is 0 Å². The molecule has 0 amide bonds. The largest absolute Gasteiger partial charge is 0.379 e. The third-order valence-corrected chi connectivity index (χ3v) is 3.89. The molecule has 0 bridgehead atoms. The average molecular weight is 276 g/mol. The number of nitrogens with zero attached hydrogens (tertiary/aromatic N) is 1. The smallest absolute Gasteiger partial charge is 0.0594 e. The molecule has 20 heavy (non-hydrogen) atoms. The summed E-state index contributed by atoms with van der Waals surface area (Å²) in [6, 6.07) is 9.44. The maximum Gasteiger partial charge on any atom is 0.0594 e. The van der Waals surface area contributed by atoms with E-state index in [1.54, 1.807) is 0 Å². The molecule has 1 aromatic rings. The van der Waals surface area contributed by atoms with E-state index in [0.717, 1.165) is 45.8 Å². The molecule has 1 unspecified atom stereocenters. The fraction of sp³-hybridized carbons (Fsp3) is 0.647. The molecule has 0 aromatic heterocycles. The summed E-state index contributed by atoms with van der Waals surface area (Å²) in [5, 5.41) is 3.63. The zero-order valence-electron chi connectivity index (χ0n) is 12.9. The first-order valence-corrected chi connectivity index (χ1v) is 7.83. The number of rotatable bonds is 7. The number of ether oxygens (including phenoxy) is 1. The van der Waals surface area contributed by atoms with Crippen LogP contribution in [-0.4, -0.2) is 50.3 Å². The quantitative estimate of drug-likeness (QED) is 0.773. The summed E-state index contributed by atoms with van der Waals surface area (Å²) in [7, 11) is 0. The second kappa shape index (κ2) is 8.40. The van der Waals surface area contributed by atoms with E-state index in [1.165, 1.54) is 17.5 Å². The van der Waals surface area contributed by atoms with Gasteiger partial charge in [-0.15, -0.1) is 0 Å². The van der Waals surface area contributed by atoms with Crippen LogP contribution >= 0.6 is 0 Å². The normalized spacial score (nSPS) is 18.1. The molecular weight excluding hydrogens is 248 g/mol. The average Bonchev–Trinajstić information content (AvgIpc) is 2.46. The molecule has 1 aliphatic rings. The topological polar surface area (TPSA) is 24.5 Å². The van der Waals surface area contributed by atoms with Crippen LogP contribution in [0.3, 0.4) is 0 Å². The van der Waals surface area contributed by atoms with Crippen molar-refractivity contribution in [2.45, 2.75) is 32.7 Å². The monoisotopic (exact) mass is 276 g/mol. The van der Waals surface area contributed by atoms with Gasteiger partial charge in [-0.05, 0) is 38.8 Å². The van der Waals surface area contributed by atoms with Crippen LogP contribution in [0.25, 0.3) is 0 Å². The van der Waals surface area contributed by atoms with Gasteiger partial charge in [0.05, 0.1) is 13.2 Å². The van der Waals surface area contributed by atoms with Gasteiger partial charge in [-0.3, -0.25) is 4.90 Å². The van der Waals surface area contributed by atoms with Crippen molar-refractivity contribution in [2.24, 2.45) is 0 Å². The number of benzene rings is 1. The molecule has 0 aliphatic carbocycles. The molecule has 1 aromatic carbocycles. The van der Waals surface area contributed by atoms with Crippen LogP contribution in [0.2, 0.25) is 0 Å². The summed E-state index contributed by atoms with van der Waals surface area (Å²) < 4.78 is 5.38. The number of hydrogen-bond donors (Lipinski definition) is 1. The van der Waals surface area contributed by atoms with Crippen LogP contribution in [0, 0.1) is 6.92 Å². The first kappa shape index (κ1) is 15.5. The van der Waals surface area contributed by atoms with Crippen molar-refractivity contribution in [3.63, 3.8) is 0 Å². The maximum atomic E-state index is 5.38. The van der Waals surface area contributed by atoms with Crippen molar-refractivity contribution < 1.29 is 4.74 Å². The Morgan fingerprint density at radius 1 is 1.20 bits per heavy atom. The van der Waals surface area contributed by atoms with Gasteiger partial charge in [-0.2, -0.15) is 0 Å². The number of nitrogens with one attached hydrogen (secondary N) is 1. The second-order valence-electron chi connectivity index (χ2n) is 5.86. The van der Waals surface area contributed by atoms with Crippen LogP contribution in [0.1, 0.15) is 24.5 Å². The fourth-order valence-electron chi connectivity index (χ4n) is 2.63. The van der Waals surface area contributed by atoms with Gasteiger partial charge in [0.15, 0.2) is 0 Å². The van der Waals surface area contributed by atoms with E-state index in [2.05, 4.69) is 48.3 Å². The van der Waals surface area contributed by atoms with E-state index in [1.807, 2.05) is 0 Å². The van der Waals surface area contributed by atoms with Crippen LogP contribution < -0.4 is 5.32 Å².